The number of carbonyl (C=O) groups is 1. The number of aromatic carboxylic acids is 1. The summed E-state index contributed by atoms with van der Waals surface area (Å²) in [5, 5.41) is 13.0. The van der Waals surface area contributed by atoms with Crippen molar-refractivity contribution in [3.63, 3.8) is 0 Å². The average molecular weight is 305 g/mol. The zero-order valence-electron chi connectivity index (χ0n) is 11.9. The van der Waals surface area contributed by atoms with Gasteiger partial charge < -0.3 is 10.4 Å². The molecular weight excluding hydrogens is 288 g/mol. The summed E-state index contributed by atoms with van der Waals surface area (Å²) < 4.78 is 0. The maximum Gasteiger partial charge on any atom is 0.335 e. The molecule has 0 atom stereocenters. The quantitative estimate of drug-likeness (QED) is 0.870. The summed E-state index contributed by atoms with van der Waals surface area (Å²) in [6, 6.07) is 10.6. The first-order valence-corrected chi connectivity index (χ1v) is 7.07. The Morgan fingerprint density at radius 1 is 1.33 bits per heavy atom. The zero-order valence-corrected chi connectivity index (χ0v) is 12.7. The van der Waals surface area contributed by atoms with Gasteiger partial charge in [0.1, 0.15) is 5.82 Å². The van der Waals surface area contributed by atoms with Gasteiger partial charge in [-0.25, -0.2) is 9.78 Å². The minimum atomic E-state index is -0.954. The summed E-state index contributed by atoms with van der Waals surface area (Å²) in [5.74, 6) is -0.236. The van der Waals surface area contributed by atoms with Crippen LogP contribution >= 0.6 is 11.6 Å². The third-order valence-electron chi connectivity index (χ3n) is 3.05. The molecule has 0 radical (unpaired) electrons. The highest BCUT2D eigenvalue weighted by atomic mass is 35.5. The Bertz CT molecular complexity index is 656. The first-order chi connectivity index (χ1) is 9.95. The van der Waals surface area contributed by atoms with E-state index in [0.29, 0.717) is 17.4 Å². The van der Waals surface area contributed by atoms with Gasteiger partial charge in [-0.05, 0) is 35.7 Å². The SMILES string of the molecule is CC(C)c1cc(C(=O)O)cc(NCc2cccc(Cl)c2)n1. The highest BCUT2D eigenvalue weighted by Gasteiger charge is 2.10. The molecule has 5 heteroatoms. The molecule has 110 valence electrons. The fourth-order valence-corrected chi connectivity index (χ4v) is 2.11. The van der Waals surface area contributed by atoms with Gasteiger partial charge in [0.2, 0.25) is 0 Å². The van der Waals surface area contributed by atoms with Gasteiger partial charge in [-0.2, -0.15) is 0 Å². The number of rotatable bonds is 5. The molecule has 2 N–H and O–H groups in total. The standard InChI is InChI=1S/C16H17ClN2O2/c1-10(2)14-7-12(16(20)21)8-15(19-14)18-9-11-4-3-5-13(17)6-11/h3-8,10H,9H2,1-2H3,(H,18,19)(H,20,21). The molecule has 2 rings (SSSR count). The topological polar surface area (TPSA) is 62.2 Å². The van der Waals surface area contributed by atoms with E-state index in [4.69, 9.17) is 16.7 Å². The molecule has 1 aromatic heterocycles. The van der Waals surface area contributed by atoms with Crippen molar-refractivity contribution in [2.45, 2.75) is 26.3 Å². The molecule has 0 spiro atoms. The maximum absolute atomic E-state index is 11.2. The Balaban J connectivity index is 2.21. The number of halogens is 1. The number of nitrogens with one attached hydrogen (secondary N) is 1. The number of carboxylic acids is 1. The van der Waals surface area contributed by atoms with Crippen LogP contribution in [0.15, 0.2) is 36.4 Å². The fraction of sp³-hybridized carbons (Fsp3) is 0.250. The Morgan fingerprint density at radius 2 is 2.10 bits per heavy atom. The number of pyridine rings is 1. The molecule has 0 unspecified atom stereocenters. The minimum absolute atomic E-state index is 0.163. The molecule has 0 saturated carbocycles. The number of hydrogen-bond acceptors (Lipinski definition) is 3. The molecule has 0 aliphatic carbocycles. The first kappa shape index (κ1) is 15.3. The maximum atomic E-state index is 11.2. The molecule has 2 aromatic rings. The second-order valence-corrected chi connectivity index (χ2v) is 5.55. The van der Waals surface area contributed by atoms with Crippen molar-refractivity contribution in [1.82, 2.24) is 4.98 Å². The lowest BCUT2D eigenvalue weighted by Crippen LogP contribution is -2.07. The Hall–Kier alpha value is -2.07. The summed E-state index contributed by atoms with van der Waals surface area (Å²) in [7, 11) is 0. The predicted octanol–water partition coefficient (Wildman–Crippen LogP) is 4.17. The van der Waals surface area contributed by atoms with Gasteiger partial charge in [-0.3, -0.25) is 0 Å². The third-order valence-corrected chi connectivity index (χ3v) is 3.28. The highest BCUT2D eigenvalue weighted by Crippen LogP contribution is 2.19. The van der Waals surface area contributed by atoms with E-state index in [9.17, 15) is 4.79 Å². The molecule has 21 heavy (non-hydrogen) atoms. The largest absolute Gasteiger partial charge is 0.478 e. The summed E-state index contributed by atoms with van der Waals surface area (Å²) in [6.07, 6.45) is 0. The van der Waals surface area contributed by atoms with Crippen molar-refractivity contribution < 1.29 is 9.90 Å². The van der Waals surface area contributed by atoms with Crippen LogP contribution in [-0.4, -0.2) is 16.1 Å². The van der Waals surface area contributed by atoms with Crippen molar-refractivity contribution in [3.05, 3.63) is 58.2 Å². The van der Waals surface area contributed by atoms with E-state index in [1.807, 2.05) is 38.1 Å². The lowest BCUT2D eigenvalue weighted by atomic mass is 10.1. The van der Waals surface area contributed by atoms with Crippen molar-refractivity contribution >= 4 is 23.4 Å². The van der Waals surface area contributed by atoms with E-state index in [0.717, 1.165) is 11.3 Å². The molecule has 0 aliphatic heterocycles. The van der Waals surface area contributed by atoms with Crippen LogP contribution in [0.5, 0.6) is 0 Å². The van der Waals surface area contributed by atoms with Gasteiger partial charge in [0.25, 0.3) is 0 Å². The van der Waals surface area contributed by atoms with Gasteiger partial charge in [0.15, 0.2) is 0 Å². The van der Waals surface area contributed by atoms with Crippen molar-refractivity contribution in [2.24, 2.45) is 0 Å². The average Bonchev–Trinajstić information content (AvgIpc) is 2.45. The normalized spacial score (nSPS) is 10.7. The van der Waals surface area contributed by atoms with Crippen molar-refractivity contribution in [2.75, 3.05) is 5.32 Å². The van der Waals surface area contributed by atoms with Crippen LogP contribution in [0, 0.1) is 0 Å². The van der Waals surface area contributed by atoms with Gasteiger partial charge in [0, 0.05) is 17.3 Å². The van der Waals surface area contributed by atoms with Gasteiger partial charge in [-0.15, -0.1) is 0 Å². The van der Waals surface area contributed by atoms with Gasteiger partial charge in [-0.1, -0.05) is 37.6 Å². The number of aromatic nitrogens is 1. The van der Waals surface area contributed by atoms with Crippen LogP contribution < -0.4 is 5.32 Å². The molecular formula is C16H17ClN2O2. The molecule has 1 aromatic carbocycles. The lowest BCUT2D eigenvalue weighted by molar-refractivity contribution is 0.0696. The minimum Gasteiger partial charge on any atom is -0.478 e. The smallest absolute Gasteiger partial charge is 0.335 e. The van der Waals surface area contributed by atoms with E-state index < -0.39 is 5.97 Å². The summed E-state index contributed by atoms with van der Waals surface area (Å²) in [5.41, 5.74) is 2.00. The van der Waals surface area contributed by atoms with Crippen molar-refractivity contribution in [3.8, 4) is 0 Å². The summed E-state index contributed by atoms with van der Waals surface area (Å²) in [4.78, 5) is 15.6. The fourth-order valence-electron chi connectivity index (χ4n) is 1.90. The lowest BCUT2D eigenvalue weighted by Gasteiger charge is -2.11. The zero-order chi connectivity index (χ0) is 15.4. The number of carboxylic acid groups (broad SMARTS) is 1. The summed E-state index contributed by atoms with van der Waals surface area (Å²) >= 11 is 5.94. The molecule has 0 saturated heterocycles. The Kier molecular flexibility index (Phi) is 4.81. The van der Waals surface area contributed by atoms with Crippen LogP contribution in [0.25, 0.3) is 0 Å². The molecule has 4 nitrogen and oxygen atoms in total. The molecule has 1 heterocycles. The van der Waals surface area contributed by atoms with Crippen molar-refractivity contribution in [1.29, 1.82) is 0 Å². The van der Waals surface area contributed by atoms with Crippen LogP contribution in [-0.2, 0) is 6.54 Å². The second kappa shape index (κ2) is 6.59. The Labute approximate surface area is 128 Å². The first-order valence-electron chi connectivity index (χ1n) is 6.69. The van der Waals surface area contributed by atoms with Crippen LogP contribution in [0.2, 0.25) is 5.02 Å². The van der Waals surface area contributed by atoms with E-state index in [1.54, 1.807) is 12.1 Å². The summed E-state index contributed by atoms with van der Waals surface area (Å²) in [6.45, 7) is 4.50. The van der Waals surface area contributed by atoms with Crippen LogP contribution in [0.3, 0.4) is 0 Å². The third kappa shape index (κ3) is 4.20. The van der Waals surface area contributed by atoms with Crippen LogP contribution in [0.1, 0.15) is 41.4 Å². The molecule has 0 fully saturated rings. The van der Waals surface area contributed by atoms with E-state index in [1.165, 1.54) is 0 Å². The highest BCUT2D eigenvalue weighted by molar-refractivity contribution is 6.30. The Morgan fingerprint density at radius 3 is 2.71 bits per heavy atom. The second-order valence-electron chi connectivity index (χ2n) is 5.11. The van der Waals surface area contributed by atoms with E-state index in [2.05, 4.69) is 10.3 Å². The van der Waals surface area contributed by atoms with E-state index >= 15 is 0 Å². The number of nitrogens with zero attached hydrogens (tertiary/aromatic N) is 1. The molecule has 0 bridgehead atoms. The number of benzene rings is 1. The van der Waals surface area contributed by atoms with Crippen LogP contribution in [0.4, 0.5) is 5.82 Å². The molecule has 0 aliphatic rings. The molecule has 0 amide bonds. The van der Waals surface area contributed by atoms with E-state index in [-0.39, 0.29) is 11.5 Å². The number of anilines is 1. The monoisotopic (exact) mass is 304 g/mol. The number of hydrogen-bond donors (Lipinski definition) is 2. The van der Waals surface area contributed by atoms with Gasteiger partial charge >= 0.3 is 5.97 Å². The predicted molar refractivity (Wildman–Crippen MR) is 84.1 cm³/mol. The van der Waals surface area contributed by atoms with Gasteiger partial charge in [0.05, 0.1) is 5.56 Å².